The maximum Gasteiger partial charge on any atom is 0.0675 e. The van der Waals surface area contributed by atoms with Gasteiger partial charge in [0.2, 0.25) is 0 Å². The topological polar surface area (TPSA) is 29.9 Å². The molecule has 106 valence electrons. The minimum atomic E-state index is 0.534. The summed E-state index contributed by atoms with van der Waals surface area (Å²) in [6, 6.07) is 8.92. The second-order valence-electron chi connectivity index (χ2n) is 5.45. The second kappa shape index (κ2) is 5.70. The number of rotatable bonds is 2. The molecule has 1 N–H and O–H groups in total. The minimum Gasteiger partial charge on any atom is -0.317 e. The van der Waals surface area contributed by atoms with Crippen LogP contribution in [-0.4, -0.2) is 22.9 Å². The molecule has 0 bridgehead atoms. The van der Waals surface area contributed by atoms with Crippen LogP contribution in [-0.2, 0) is 0 Å². The highest BCUT2D eigenvalue weighted by Gasteiger charge is 2.22. The molecule has 0 spiro atoms. The molecule has 1 aromatic carbocycles. The summed E-state index contributed by atoms with van der Waals surface area (Å²) in [5, 5.41) is 8.24. The van der Waals surface area contributed by atoms with E-state index < -0.39 is 0 Å². The Labute approximate surface area is 128 Å². The Morgan fingerprint density at radius 2 is 1.90 bits per heavy atom. The van der Waals surface area contributed by atoms with Crippen LogP contribution < -0.4 is 5.32 Å². The maximum absolute atomic E-state index is 4.82. The van der Waals surface area contributed by atoms with Gasteiger partial charge in [-0.25, -0.2) is 0 Å². The van der Waals surface area contributed by atoms with Crippen LogP contribution in [0, 0.1) is 13.8 Å². The smallest absolute Gasteiger partial charge is 0.0675 e. The first kappa shape index (κ1) is 13.8. The van der Waals surface area contributed by atoms with E-state index in [9.17, 15) is 0 Å². The molecule has 0 amide bonds. The van der Waals surface area contributed by atoms with Gasteiger partial charge >= 0.3 is 0 Å². The Bertz CT molecular complexity index is 612. The number of aromatic nitrogens is 2. The molecule has 0 atom stereocenters. The molecule has 1 fully saturated rings. The first-order chi connectivity index (χ1) is 9.68. The van der Waals surface area contributed by atoms with Crippen LogP contribution >= 0.6 is 15.9 Å². The third-order valence-electron chi connectivity index (χ3n) is 4.12. The fraction of sp³-hybridized carbons (Fsp3) is 0.438. The SMILES string of the molecule is Cc1nn(C2CCNCC2)c(C)c1-c1ccccc1Br. The highest BCUT2D eigenvalue weighted by atomic mass is 79.9. The molecule has 1 aliphatic rings. The fourth-order valence-corrected chi connectivity index (χ4v) is 3.61. The summed E-state index contributed by atoms with van der Waals surface area (Å²) in [5.74, 6) is 0. The van der Waals surface area contributed by atoms with E-state index in [-0.39, 0.29) is 0 Å². The number of aryl methyl sites for hydroxylation is 1. The quantitative estimate of drug-likeness (QED) is 0.904. The van der Waals surface area contributed by atoms with Gasteiger partial charge in [0, 0.05) is 15.7 Å². The van der Waals surface area contributed by atoms with Crippen LogP contribution in [0.5, 0.6) is 0 Å². The first-order valence-corrected chi connectivity index (χ1v) is 7.99. The number of hydrogen-bond acceptors (Lipinski definition) is 2. The Hall–Kier alpha value is -1.13. The van der Waals surface area contributed by atoms with Crippen LogP contribution in [0.1, 0.15) is 30.3 Å². The number of nitrogens with one attached hydrogen (secondary N) is 1. The number of nitrogens with zero attached hydrogens (tertiary/aromatic N) is 2. The Balaban J connectivity index is 2.05. The van der Waals surface area contributed by atoms with Crippen molar-refractivity contribution in [2.45, 2.75) is 32.7 Å². The maximum atomic E-state index is 4.82. The lowest BCUT2D eigenvalue weighted by Crippen LogP contribution is -2.30. The van der Waals surface area contributed by atoms with E-state index in [1.165, 1.54) is 16.8 Å². The molecule has 0 saturated carbocycles. The van der Waals surface area contributed by atoms with Gasteiger partial charge in [-0.3, -0.25) is 4.68 Å². The molecule has 0 radical (unpaired) electrons. The van der Waals surface area contributed by atoms with Gasteiger partial charge in [-0.1, -0.05) is 34.1 Å². The van der Waals surface area contributed by atoms with Crippen molar-refractivity contribution in [2.75, 3.05) is 13.1 Å². The monoisotopic (exact) mass is 333 g/mol. The van der Waals surface area contributed by atoms with E-state index in [4.69, 9.17) is 5.10 Å². The summed E-state index contributed by atoms with van der Waals surface area (Å²) in [6.45, 7) is 6.48. The van der Waals surface area contributed by atoms with Gasteiger partial charge in [0.1, 0.15) is 0 Å². The summed E-state index contributed by atoms with van der Waals surface area (Å²) < 4.78 is 3.38. The van der Waals surface area contributed by atoms with Crippen LogP contribution in [0.3, 0.4) is 0 Å². The fourth-order valence-electron chi connectivity index (χ4n) is 3.12. The highest BCUT2D eigenvalue weighted by Crippen LogP contribution is 2.34. The number of benzene rings is 1. The molecule has 2 aromatic rings. The van der Waals surface area contributed by atoms with E-state index in [0.29, 0.717) is 6.04 Å². The zero-order chi connectivity index (χ0) is 14.1. The Kier molecular flexibility index (Phi) is 3.94. The molecule has 1 aliphatic heterocycles. The van der Waals surface area contributed by atoms with E-state index in [1.54, 1.807) is 0 Å². The van der Waals surface area contributed by atoms with Crippen LogP contribution in [0.2, 0.25) is 0 Å². The van der Waals surface area contributed by atoms with Crippen molar-refractivity contribution in [3.05, 3.63) is 40.1 Å². The average Bonchev–Trinajstić information content (AvgIpc) is 2.76. The number of halogens is 1. The van der Waals surface area contributed by atoms with Gasteiger partial charge in [-0.2, -0.15) is 5.10 Å². The Morgan fingerprint density at radius 1 is 1.20 bits per heavy atom. The zero-order valence-electron chi connectivity index (χ0n) is 12.0. The first-order valence-electron chi connectivity index (χ1n) is 7.20. The zero-order valence-corrected chi connectivity index (χ0v) is 13.6. The molecule has 3 nitrogen and oxygen atoms in total. The van der Waals surface area contributed by atoms with Gasteiger partial charge < -0.3 is 5.32 Å². The average molecular weight is 334 g/mol. The summed E-state index contributed by atoms with van der Waals surface area (Å²) >= 11 is 3.66. The van der Waals surface area contributed by atoms with Gasteiger partial charge in [0.05, 0.1) is 11.7 Å². The summed E-state index contributed by atoms with van der Waals surface area (Å²) in [5.41, 5.74) is 4.91. The van der Waals surface area contributed by atoms with Crippen LogP contribution in [0.4, 0.5) is 0 Å². The standard InChI is InChI=1S/C16H20BrN3/c1-11-16(14-5-3-4-6-15(14)17)12(2)20(19-11)13-7-9-18-10-8-13/h3-6,13,18H,7-10H2,1-2H3. The Morgan fingerprint density at radius 3 is 2.60 bits per heavy atom. The van der Waals surface area contributed by atoms with E-state index in [1.807, 2.05) is 0 Å². The molecule has 1 saturated heterocycles. The van der Waals surface area contributed by atoms with E-state index >= 15 is 0 Å². The largest absolute Gasteiger partial charge is 0.317 e. The van der Waals surface area contributed by atoms with Crippen molar-refractivity contribution < 1.29 is 0 Å². The molecule has 20 heavy (non-hydrogen) atoms. The lowest BCUT2D eigenvalue weighted by atomic mass is 10.0. The molecule has 0 unspecified atom stereocenters. The summed E-state index contributed by atoms with van der Waals surface area (Å²) in [7, 11) is 0. The third-order valence-corrected chi connectivity index (χ3v) is 4.81. The molecule has 4 heteroatoms. The lowest BCUT2D eigenvalue weighted by molar-refractivity contribution is 0.337. The summed E-state index contributed by atoms with van der Waals surface area (Å²) in [4.78, 5) is 0. The molecular weight excluding hydrogens is 314 g/mol. The van der Waals surface area contributed by atoms with E-state index in [0.717, 1.165) is 36.1 Å². The van der Waals surface area contributed by atoms with Gasteiger partial charge in [-0.15, -0.1) is 0 Å². The van der Waals surface area contributed by atoms with Crippen molar-refractivity contribution in [3.63, 3.8) is 0 Å². The van der Waals surface area contributed by atoms with Crippen molar-refractivity contribution in [1.82, 2.24) is 15.1 Å². The second-order valence-corrected chi connectivity index (χ2v) is 6.31. The van der Waals surface area contributed by atoms with Gasteiger partial charge in [-0.05, 0) is 51.4 Å². The summed E-state index contributed by atoms with van der Waals surface area (Å²) in [6.07, 6.45) is 2.33. The van der Waals surface area contributed by atoms with Crippen LogP contribution in [0.15, 0.2) is 28.7 Å². The molecule has 1 aromatic heterocycles. The molecule has 0 aliphatic carbocycles. The molecular formula is C16H20BrN3. The van der Waals surface area contributed by atoms with Crippen molar-refractivity contribution in [1.29, 1.82) is 0 Å². The predicted octanol–water partition coefficient (Wildman–Crippen LogP) is 3.85. The van der Waals surface area contributed by atoms with Gasteiger partial charge in [0.15, 0.2) is 0 Å². The minimum absolute atomic E-state index is 0.534. The van der Waals surface area contributed by atoms with Crippen molar-refractivity contribution in [3.8, 4) is 11.1 Å². The third kappa shape index (κ3) is 2.42. The van der Waals surface area contributed by atoms with E-state index in [2.05, 4.69) is 64.0 Å². The highest BCUT2D eigenvalue weighted by molar-refractivity contribution is 9.10. The van der Waals surface area contributed by atoms with Crippen molar-refractivity contribution >= 4 is 15.9 Å². The van der Waals surface area contributed by atoms with Crippen molar-refractivity contribution in [2.24, 2.45) is 0 Å². The predicted molar refractivity (Wildman–Crippen MR) is 86.0 cm³/mol. The van der Waals surface area contributed by atoms with Crippen LogP contribution in [0.25, 0.3) is 11.1 Å². The lowest BCUT2D eigenvalue weighted by Gasteiger charge is -2.24. The number of piperidine rings is 1. The van der Waals surface area contributed by atoms with Gasteiger partial charge in [0.25, 0.3) is 0 Å². The number of hydrogen-bond donors (Lipinski definition) is 1. The molecule has 3 rings (SSSR count). The molecule has 2 heterocycles. The normalized spacial score (nSPS) is 16.6.